The molecule has 1 heterocycles. The number of hydrogen-bond donors (Lipinski definition) is 5. The van der Waals surface area contributed by atoms with Crippen molar-refractivity contribution in [3.05, 3.63) is 70.5 Å². The zero-order valence-electron chi connectivity index (χ0n) is 19.6. The fourth-order valence-corrected chi connectivity index (χ4v) is 7.50. The Balaban J connectivity index is 1.58. The molecule has 0 spiro atoms. The van der Waals surface area contributed by atoms with E-state index in [9.17, 15) is 34.8 Å². The molecular formula is C28H23NO7S. The first-order chi connectivity index (χ1) is 17.6. The zero-order valence-corrected chi connectivity index (χ0v) is 20.5. The van der Waals surface area contributed by atoms with E-state index >= 15 is 0 Å². The summed E-state index contributed by atoms with van der Waals surface area (Å²) in [4.78, 5) is 39.0. The number of nitrogens with two attached hydrogens (primary N) is 1. The van der Waals surface area contributed by atoms with Gasteiger partial charge in [-0.2, -0.15) is 0 Å². The van der Waals surface area contributed by atoms with Gasteiger partial charge in [0.05, 0.1) is 17.6 Å². The Bertz CT molecular complexity index is 1580. The molecule has 0 bridgehead atoms. The van der Waals surface area contributed by atoms with Gasteiger partial charge in [0.15, 0.2) is 11.6 Å². The lowest BCUT2D eigenvalue weighted by atomic mass is 9.57. The van der Waals surface area contributed by atoms with Gasteiger partial charge in [-0.15, -0.1) is 11.3 Å². The van der Waals surface area contributed by atoms with Gasteiger partial charge in [-0.3, -0.25) is 14.4 Å². The second-order valence-electron chi connectivity index (χ2n) is 9.89. The van der Waals surface area contributed by atoms with E-state index in [1.165, 1.54) is 6.07 Å². The number of carbonyl (C=O) groups is 3. The fourth-order valence-electron chi connectivity index (χ4n) is 6.40. The van der Waals surface area contributed by atoms with Crippen molar-refractivity contribution in [1.29, 1.82) is 0 Å². The molecule has 37 heavy (non-hydrogen) atoms. The van der Waals surface area contributed by atoms with Crippen LogP contribution >= 0.6 is 11.3 Å². The molecule has 3 aliphatic carbocycles. The number of allylic oxidation sites excluding steroid dienone is 1. The molecule has 3 aromatic rings. The molecule has 6 rings (SSSR count). The van der Waals surface area contributed by atoms with Gasteiger partial charge >= 0.3 is 0 Å². The van der Waals surface area contributed by atoms with Gasteiger partial charge in [0.1, 0.15) is 22.8 Å². The molecule has 1 aromatic heterocycles. The zero-order chi connectivity index (χ0) is 26.3. The highest BCUT2D eigenvalue weighted by molar-refractivity contribution is 7.22. The lowest BCUT2D eigenvalue weighted by Crippen LogP contribution is -2.52. The number of primary amides is 1. The highest BCUT2D eigenvalue weighted by atomic mass is 32.1. The van der Waals surface area contributed by atoms with Gasteiger partial charge in [0, 0.05) is 33.4 Å². The predicted octanol–water partition coefficient (Wildman–Crippen LogP) is 3.72. The van der Waals surface area contributed by atoms with Crippen LogP contribution in [0.25, 0.3) is 26.3 Å². The second-order valence-corrected chi connectivity index (χ2v) is 11.0. The Morgan fingerprint density at radius 1 is 1.08 bits per heavy atom. The monoisotopic (exact) mass is 517 g/mol. The molecule has 1 unspecified atom stereocenters. The van der Waals surface area contributed by atoms with Crippen LogP contribution in [0.4, 0.5) is 0 Å². The molecule has 3 aliphatic rings. The van der Waals surface area contributed by atoms with Gasteiger partial charge in [-0.05, 0) is 46.7 Å². The number of aromatic hydroxyl groups is 1. The summed E-state index contributed by atoms with van der Waals surface area (Å²) >= 11 is 1.55. The molecule has 1 fully saturated rings. The van der Waals surface area contributed by atoms with Crippen LogP contribution in [-0.4, -0.2) is 44.0 Å². The number of Topliss-reactive ketones (excluding diaryl/α,β-unsaturated/α-hetero) is 2. The van der Waals surface area contributed by atoms with Gasteiger partial charge in [-0.25, -0.2) is 0 Å². The Morgan fingerprint density at radius 2 is 1.81 bits per heavy atom. The first-order valence-corrected chi connectivity index (χ1v) is 12.7. The smallest absolute Gasteiger partial charge is 0.255 e. The predicted molar refractivity (Wildman–Crippen MR) is 137 cm³/mol. The normalized spacial score (nSPS) is 27.2. The van der Waals surface area contributed by atoms with Crippen LogP contribution in [-0.2, 0) is 14.4 Å². The Hall–Kier alpha value is -3.95. The average molecular weight is 518 g/mol. The molecule has 0 saturated heterocycles. The summed E-state index contributed by atoms with van der Waals surface area (Å²) in [7, 11) is 0. The number of amides is 1. The molecular weight excluding hydrogens is 494 g/mol. The van der Waals surface area contributed by atoms with E-state index in [4.69, 9.17) is 5.73 Å². The van der Waals surface area contributed by atoms with E-state index in [2.05, 4.69) is 0 Å². The SMILES string of the molecule is C[C@H]1c2c(-c3cc4ccccc4s3)ccc(O)c2C(O)=C2C(=O)C3C(O)=C(C(N)=O)C(=O)C[C@@H]3[C@@H](O)[C@@H]21. The largest absolute Gasteiger partial charge is 0.511 e. The van der Waals surface area contributed by atoms with E-state index in [1.807, 2.05) is 30.3 Å². The van der Waals surface area contributed by atoms with Crippen molar-refractivity contribution in [2.45, 2.75) is 25.4 Å². The number of hydrogen-bond acceptors (Lipinski definition) is 8. The third-order valence-electron chi connectivity index (χ3n) is 8.01. The van der Waals surface area contributed by atoms with Crippen LogP contribution in [0.3, 0.4) is 0 Å². The van der Waals surface area contributed by atoms with E-state index < -0.39 is 64.3 Å². The van der Waals surface area contributed by atoms with E-state index in [1.54, 1.807) is 24.3 Å². The third kappa shape index (κ3) is 3.14. The average Bonchev–Trinajstić information content (AvgIpc) is 3.28. The highest BCUT2D eigenvalue weighted by Gasteiger charge is 2.57. The topological polar surface area (TPSA) is 158 Å². The summed E-state index contributed by atoms with van der Waals surface area (Å²) < 4.78 is 1.06. The van der Waals surface area contributed by atoms with Crippen LogP contribution in [0.1, 0.15) is 30.4 Å². The number of ketones is 2. The first-order valence-electron chi connectivity index (χ1n) is 11.9. The lowest BCUT2D eigenvalue weighted by Gasteiger charge is -2.47. The minimum Gasteiger partial charge on any atom is -0.511 e. The summed E-state index contributed by atoms with van der Waals surface area (Å²) in [5, 5.41) is 45.4. The number of phenolic OH excluding ortho intramolecular Hbond substituents is 1. The summed E-state index contributed by atoms with van der Waals surface area (Å²) in [6.45, 7) is 1.80. The van der Waals surface area contributed by atoms with Crippen molar-refractivity contribution in [3.8, 4) is 16.2 Å². The second kappa shape index (κ2) is 8.03. The number of phenols is 1. The van der Waals surface area contributed by atoms with E-state index in [0.29, 0.717) is 5.56 Å². The van der Waals surface area contributed by atoms with Gasteiger partial charge in [0.25, 0.3) is 5.91 Å². The van der Waals surface area contributed by atoms with Crippen molar-refractivity contribution in [2.24, 2.45) is 23.5 Å². The minimum atomic E-state index is -1.40. The number of rotatable bonds is 2. The number of aliphatic hydroxyl groups is 3. The van der Waals surface area contributed by atoms with Gasteiger partial charge < -0.3 is 26.2 Å². The Kier molecular flexibility index (Phi) is 5.09. The van der Waals surface area contributed by atoms with E-state index in [-0.39, 0.29) is 23.3 Å². The van der Waals surface area contributed by atoms with Crippen LogP contribution in [0.15, 0.2) is 59.4 Å². The number of fused-ring (bicyclic) bond motifs is 4. The molecule has 0 aliphatic heterocycles. The van der Waals surface area contributed by atoms with Crippen molar-refractivity contribution >= 4 is 44.7 Å². The van der Waals surface area contributed by atoms with Crippen molar-refractivity contribution in [3.63, 3.8) is 0 Å². The number of benzene rings is 2. The molecule has 188 valence electrons. The molecule has 0 radical (unpaired) electrons. The summed E-state index contributed by atoms with van der Waals surface area (Å²) in [6, 6.07) is 13.1. The van der Waals surface area contributed by atoms with Crippen LogP contribution < -0.4 is 5.73 Å². The quantitative estimate of drug-likeness (QED) is 0.324. The first kappa shape index (κ1) is 23.4. The third-order valence-corrected chi connectivity index (χ3v) is 9.16. The number of aliphatic hydroxyl groups excluding tert-OH is 3. The summed E-state index contributed by atoms with van der Waals surface area (Å²) in [5.41, 5.74) is 5.92. The van der Waals surface area contributed by atoms with Gasteiger partial charge in [-0.1, -0.05) is 25.1 Å². The van der Waals surface area contributed by atoms with Gasteiger partial charge in [0.2, 0.25) is 0 Å². The van der Waals surface area contributed by atoms with Crippen molar-refractivity contribution < 1.29 is 34.8 Å². The van der Waals surface area contributed by atoms with Crippen LogP contribution in [0, 0.1) is 17.8 Å². The van der Waals surface area contributed by atoms with E-state index in [0.717, 1.165) is 20.5 Å². The fraction of sp³-hybridized carbons (Fsp3) is 0.250. The molecule has 1 saturated carbocycles. The maximum atomic E-state index is 13.7. The van der Waals surface area contributed by atoms with Crippen LogP contribution in [0.5, 0.6) is 5.75 Å². The molecule has 2 aromatic carbocycles. The molecule has 6 N–H and O–H groups in total. The molecule has 5 atom stereocenters. The number of carbonyl (C=O) groups excluding carboxylic acids is 3. The van der Waals surface area contributed by atoms with Crippen molar-refractivity contribution in [2.75, 3.05) is 0 Å². The Labute approximate surface area is 215 Å². The minimum absolute atomic E-state index is 0.0955. The molecule has 8 nitrogen and oxygen atoms in total. The van der Waals surface area contributed by atoms with Crippen molar-refractivity contribution in [1.82, 2.24) is 0 Å². The number of thiophene rings is 1. The summed E-state index contributed by atoms with van der Waals surface area (Å²) in [5.74, 6) is -7.90. The van der Waals surface area contributed by atoms with Crippen LogP contribution in [0.2, 0.25) is 0 Å². The standard InChI is InChI=1S/C28H23NO7S/c1-10-18-12(17-8-11-4-2-3-5-16(11)37-17)6-7-14(30)21(18)27(35)23-19(10)24(32)13-9-15(31)22(28(29)36)25(33)20(13)26(23)34/h2-8,10,13,19-20,24,30,32-33,35H,9H2,1H3,(H2,29,36)/t10-,13-,19+,20?,24+/m0/s1. The maximum Gasteiger partial charge on any atom is 0.255 e. The highest BCUT2D eigenvalue weighted by Crippen LogP contribution is 2.56. The molecule has 9 heteroatoms. The maximum absolute atomic E-state index is 13.7. The lowest BCUT2D eigenvalue weighted by molar-refractivity contribution is -0.133. The Morgan fingerprint density at radius 3 is 2.51 bits per heavy atom. The summed E-state index contributed by atoms with van der Waals surface area (Å²) in [6.07, 6.45) is -1.63. The molecule has 1 amide bonds.